The van der Waals surface area contributed by atoms with Gasteiger partial charge in [-0.25, -0.2) is 15.0 Å². The summed E-state index contributed by atoms with van der Waals surface area (Å²) in [6.07, 6.45) is 8.53. The van der Waals surface area contributed by atoms with Crippen LogP contribution in [-0.4, -0.2) is 44.3 Å². The van der Waals surface area contributed by atoms with Crippen LogP contribution in [0.25, 0.3) is 11.2 Å². The Balaban J connectivity index is 1.92. The number of imidazole rings is 1. The van der Waals surface area contributed by atoms with Crippen molar-refractivity contribution in [1.82, 2.24) is 19.5 Å². The van der Waals surface area contributed by atoms with Gasteiger partial charge in [0.05, 0.1) is 6.33 Å². The summed E-state index contributed by atoms with van der Waals surface area (Å²) in [5.74, 6) is 0.779. The lowest BCUT2D eigenvalue weighted by atomic mass is 10.2. The third-order valence-corrected chi connectivity index (χ3v) is 3.38. The Kier molecular flexibility index (Phi) is 6.36. The molecule has 7 nitrogen and oxygen atoms in total. The molecule has 2 heterocycles. The van der Waals surface area contributed by atoms with Crippen molar-refractivity contribution in [1.29, 1.82) is 0 Å². The van der Waals surface area contributed by atoms with Crippen molar-refractivity contribution < 1.29 is 5.11 Å². The second-order valence-corrected chi connectivity index (χ2v) is 5.04. The first-order valence-electron chi connectivity index (χ1n) is 7.57. The number of unbranched alkanes of at least 4 members (excludes halogenated alkanes) is 3. The summed E-state index contributed by atoms with van der Waals surface area (Å²) in [6, 6.07) is 0. The molecule has 0 bridgehead atoms. The van der Waals surface area contributed by atoms with Gasteiger partial charge in [0, 0.05) is 19.7 Å². The van der Waals surface area contributed by atoms with Gasteiger partial charge in [-0.1, -0.05) is 12.8 Å². The topological polar surface area (TPSA) is 102 Å². The molecule has 2 aromatic heterocycles. The number of aliphatic hydroxyl groups excluding tert-OH is 1. The summed E-state index contributed by atoms with van der Waals surface area (Å²) in [7, 11) is 0. The molecule has 0 saturated heterocycles. The van der Waals surface area contributed by atoms with Gasteiger partial charge in [-0.3, -0.25) is 0 Å². The number of hydrogen-bond acceptors (Lipinski definition) is 6. The van der Waals surface area contributed by atoms with Crippen LogP contribution in [0.5, 0.6) is 0 Å². The van der Waals surface area contributed by atoms with E-state index in [1.807, 2.05) is 4.57 Å². The number of anilines is 1. The van der Waals surface area contributed by atoms with Gasteiger partial charge in [0.2, 0.25) is 0 Å². The van der Waals surface area contributed by atoms with Gasteiger partial charge in [-0.2, -0.15) is 0 Å². The van der Waals surface area contributed by atoms with Gasteiger partial charge in [0.15, 0.2) is 11.5 Å². The number of aromatic nitrogens is 4. The highest BCUT2D eigenvalue weighted by Crippen LogP contribution is 2.17. The number of rotatable bonds is 10. The maximum atomic E-state index is 8.91. The molecule has 0 radical (unpaired) electrons. The Morgan fingerprint density at radius 1 is 1.10 bits per heavy atom. The van der Waals surface area contributed by atoms with Crippen LogP contribution in [0.4, 0.5) is 5.82 Å². The zero-order valence-corrected chi connectivity index (χ0v) is 12.3. The van der Waals surface area contributed by atoms with Crippen LogP contribution in [0.3, 0.4) is 0 Å². The van der Waals surface area contributed by atoms with E-state index >= 15 is 0 Å². The fourth-order valence-corrected chi connectivity index (χ4v) is 2.24. The van der Waals surface area contributed by atoms with Crippen molar-refractivity contribution in [3.05, 3.63) is 12.7 Å². The van der Waals surface area contributed by atoms with Crippen LogP contribution in [0.1, 0.15) is 32.1 Å². The maximum absolute atomic E-state index is 8.91. The zero-order chi connectivity index (χ0) is 14.9. The molecule has 0 aromatic carbocycles. The fraction of sp³-hybridized carbons (Fsp3) is 0.643. The standard InChI is InChI=1S/C14H24N6O/c15-6-3-1-2-4-7-16-13-12-14(18-10-17-13)20(11-19-12)8-5-9-21/h10-11,21H,1-9,15H2,(H,16,17,18). The molecule has 0 atom stereocenters. The minimum Gasteiger partial charge on any atom is -0.396 e. The second-order valence-electron chi connectivity index (χ2n) is 5.04. The van der Waals surface area contributed by atoms with Crippen molar-refractivity contribution in [3.8, 4) is 0 Å². The fourth-order valence-electron chi connectivity index (χ4n) is 2.24. The predicted molar refractivity (Wildman–Crippen MR) is 83.0 cm³/mol. The van der Waals surface area contributed by atoms with Crippen molar-refractivity contribution in [2.45, 2.75) is 38.6 Å². The van der Waals surface area contributed by atoms with Crippen LogP contribution >= 0.6 is 0 Å². The lowest BCUT2D eigenvalue weighted by Crippen LogP contribution is -2.06. The van der Waals surface area contributed by atoms with Crippen LogP contribution < -0.4 is 11.1 Å². The Hall–Kier alpha value is -1.73. The molecule has 2 aromatic rings. The summed E-state index contributed by atoms with van der Waals surface area (Å²) in [5.41, 5.74) is 7.07. The molecule has 0 aliphatic heterocycles. The minimum absolute atomic E-state index is 0.165. The summed E-state index contributed by atoms with van der Waals surface area (Å²) < 4.78 is 1.94. The van der Waals surface area contributed by atoms with Gasteiger partial charge in [-0.05, 0) is 25.8 Å². The van der Waals surface area contributed by atoms with Gasteiger partial charge >= 0.3 is 0 Å². The number of nitrogens with zero attached hydrogens (tertiary/aromatic N) is 4. The molecule has 0 spiro atoms. The highest BCUT2D eigenvalue weighted by Gasteiger charge is 2.09. The molecule has 0 fully saturated rings. The molecule has 0 amide bonds. The molecule has 0 aliphatic carbocycles. The van der Waals surface area contributed by atoms with E-state index < -0.39 is 0 Å². The molecule has 21 heavy (non-hydrogen) atoms. The number of nitrogens with one attached hydrogen (secondary N) is 1. The molecule has 0 saturated carbocycles. The average molecular weight is 292 g/mol. The highest BCUT2D eigenvalue weighted by molar-refractivity contribution is 5.82. The van der Waals surface area contributed by atoms with E-state index in [1.54, 1.807) is 12.7 Å². The van der Waals surface area contributed by atoms with Crippen LogP contribution in [-0.2, 0) is 6.54 Å². The van der Waals surface area contributed by atoms with Gasteiger partial charge in [0.25, 0.3) is 0 Å². The molecule has 2 rings (SSSR count). The molecule has 4 N–H and O–H groups in total. The number of aryl methyl sites for hydroxylation is 1. The molecule has 116 valence electrons. The third kappa shape index (κ3) is 4.37. The second kappa shape index (κ2) is 8.53. The molecule has 0 aliphatic rings. The van der Waals surface area contributed by atoms with E-state index in [2.05, 4.69) is 20.3 Å². The SMILES string of the molecule is NCCCCCCNc1ncnc2c1ncn2CCCO. The van der Waals surface area contributed by atoms with Gasteiger partial charge in [0.1, 0.15) is 11.8 Å². The third-order valence-electron chi connectivity index (χ3n) is 3.38. The Bertz CT molecular complexity index is 541. The van der Waals surface area contributed by atoms with E-state index in [-0.39, 0.29) is 6.61 Å². The smallest absolute Gasteiger partial charge is 0.165 e. The number of nitrogens with two attached hydrogens (primary N) is 1. The summed E-state index contributed by atoms with van der Waals surface area (Å²) in [6.45, 7) is 2.52. The molecule has 0 unspecified atom stereocenters. The van der Waals surface area contributed by atoms with E-state index in [0.717, 1.165) is 42.9 Å². The summed E-state index contributed by atoms with van der Waals surface area (Å²) in [4.78, 5) is 12.9. The van der Waals surface area contributed by atoms with Gasteiger partial charge < -0.3 is 20.7 Å². The maximum Gasteiger partial charge on any atom is 0.165 e. The zero-order valence-electron chi connectivity index (χ0n) is 12.3. The largest absolute Gasteiger partial charge is 0.396 e. The normalized spacial score (nSPS) is 11.1. The highest BCUT2D eigenvalue weighted by atomic mass is 16.3. The van der Waals surface area contributed by atoms with Crippen LogP contribution in [0.2, 0.25) is 0 Å². The number of fused-ring (bicyclic) bond motifs is 1. The van der Waals surface area contributed by atoms with E-state index in [0.29, 0.717) is 13.0 Å². The van der Waals surface area contributed by atoms with Crippen molar-refractivity contribution in [2.75, 3.05) is 25.0 Å². The molecular formula is C14H24N6O. The summed E-state index contributed by atoms with van der Waals surface area (Å²) in [5, 5.41) is 12.2. The van der Waals surface area contributed by atoms with Gasteiger partial charge in [-0.15, -0.1) is 0 Å². The van der Waals surface area contributed by atoms with Crippen molar-refractivity contribution >= 4 is 17.0 Å². The van der Waals surface area contributed by atoms with E-state index in [1.165, 1.54) is 12.8 Å². The summed E-state index contributed by atoms with van der Waals surface area (Å²) >= 11 is 0. The Morgan fingerprint density at radius 2 is 1.95 bits per heavy atom. The monoisotopic (exact) mass is 292 g/mol. The lowest BCUT2D eigenvalue weighted by molar-refractivity contribution is 0.280. The predicted octanol–water partition coefficient (Wildman–Crippen LogP) is 1.14. The first kappa shape index (κ1) is 15.7. The van der Waals surface area contributed by atoms with Crippen molar-refractivity contribution in [2.24, 2.45) is 5.73 Å². The Labute approximate surface area is 124 Å². The minimum atomic E-state index is 0.165. The molecular weight excluding hydrogens is 268 g/mol. The number of aliphatic hydroxyl groups is 1. The Morgan fingerprint density at radius 3 is 2.76 bits per heavy atom. The van der Waals surface area contributed by atoms with E-state index in [4.69, 9.17) is 10.8 Å². The van der Waals surface area contributed by atoms with E-state index in [9.17, 15) is 0 Å². The number of hydrogen-bond donors (Lipinski definition) is 3. The van der Waals surface area contributed by atoms with Crippen molar-refractivity contribution in [3.63, 3.8) is 0 Å². The first-order valence-corrected chi connectivity index (χ1v) is 7.57. The molecule has 7 heteroatoms. The first-order chi connectivity index (χ1) is 10.4. The van der Waals surface area contributed by atoms with Crippen LogP contribution in [0, 0.1) is 0 Å². The lowest BCUT2D eigenvalue weighted by Gasteiger charge is -2.06. The average Bonchev–Trinajstić information content (AvgIpc) is 2.92. The quantitative estimate of drug-likeness (QED) is 0.568. The van der Waals surface area contributed by atoms with Crippen LogP contribution in [0.15, 0.2) is 12.7 Å².